The minimum Gasteiger partial charge on any atom is -0.445 e. The molecule has 1 atom stereocenters. The highest BCUT2D eigenvalue weighted by molar-refractivity contribution is 6.21. The first kappa shape index (κ1) is 24.6. The maximum absolute atomic E-state index is 13.9. The molecule has 2 amide bonds. The number of benzene rings is 4. The topological polar surface area (TPSA) is 88.1 Å². The van der Waals surface area contributed by atoms with E-state index in [9.17, 15) is 14.4 Å². The molecule has 0 saturated heterocycles. The fraction of sp³-hybridized carbons (Fsp3) is 0.0968. The van der Waals surface area contributed by atoms with Crippen LogP contribution >= 0.6 is 0 Å². The zero-order valence-corrected chi connectivity index (χ0v) is 20.5. The Hall–Kier alpha value is -5.04. The Morgan fingerprint density at radius 3 is 2.11 bits per heavy atom. The Balaban J connectivity index is 1.49. The lowest BCUT2D eigenvalue weighted by atomic mass is 10.00. The molecular weight excluding hydrogens is 478 g/mol. The van der Waals surface area contributed by atoms with Crippen LogP contribution in [0.5, 0.6) is 0 Å². The van der Waals surface area contributed by atoms with E-state index in [1.807, 2.05) is 78.9 Å². The van der Waals surface area contributed by atoms with Crippen molar-refractivity contribution >= 4 is 29.2 Å². The highest BCUT2D eigenvalue weighted by atomic mass is 16.5. The van der Waals surface area contributed by atoms with Gasteiger partial charge in [-0.05, 0) is 11.6 Å². The summed E-state index contributed by atoms with van der Waals surface area (Å²) in [6.07, 6.45) is -2.09. The average Bonchev–Trinajstić information content (AvgIpc) is 3.08. The number of Topliss-reactive ketones (excluding diaryl/α,β-unsaturated/α-hetero) is 1. The number of fused-ring (bicyclic) bond motifs is 1. The molecular formula is C31H25N3O4. The molecule has 0 aromatic heterocycles. The molecule has 5 rings (SSSR count). The van der Waals surface area contributed by atoms with Gasteiger partial charge in [-0.15, -0.1) is 0 Å². The molecule has 1 aliphatic rings. The van der Waals surface area contributed by atoms with E-state index in [1.165, 1.54) is 4.90 Å². The summed E-state index contributed by atoms with van der Waals surface area (Å²) in [4.78, 5) is 45.9. The Bertz CT molecular complexity index is 1470. The van der Waals surface area contributed by atoms with Gasteiger partial charge in [-0.3, -0.25) is 14.9 Å². The number of hydrogen-bond donors (Lipinski definition) is 1. The zero-order chi connectivity index (χ0) is 26.3. The summed E-state index contributed by atoms with van der Waals surface area (Å²) in [5.41, 5.74) is 3.80. The summed E-state index contributed by atoms with van der Waals surface area (Å²) in [7, 11) is 0. The molecule has 188 valence electrons. The number of nitrogens with zero attached hydrogens (tertiary/aromatic N) is 2. The maximum atomic E-state index is 13.9. The monoisotopic (exact) mass is 503 g/mol. The number of benzodiazepines with no additional fused rings is 1. The van der Waals surface area contributed by atoms with Crippen LogP contribution in [0, 0.1) is 0 Å². The van der Waals surface area contributed by atoms with Crippen LogP contribution in [0.1, 0.15) is 27.0 Å². The summed E-state index contributed by atoms with van der Waals surface area (Å²) in [5, 5.41) is 2.61. The third kappa shape index (κ3) is 5.52. The Morgan fingerprint density at radius 2 is 1.39 bits per heavy atom. The predicted molar refractivity (Wildman–Crippen MR) is 145 cm³/mol. The van der Waals surface area contributed by atoms with Crippen LogP contribution in [0.2, 0.25) is 0 Å². The standard InChI is InChI=1S/C31H25N3O4/c35-27(23-14-6-2-7-15-23)20-34-26-19-11-10-18-25(26)28(24-16-8-3-9-17-24)32-29(30(34)36)33-31(37)38-21-22-12-4-1-5-13-22/h1-19,29H,20-21H2,(H,33,37). The van der Waals surface area contributed by atoms with Crippen molar-refractivity contribution < 1.29 is 19.1 Å². The SMILES string of the molecule is O=C(NC1N=C(c2ccccc2)c2ccccc2N(CC(=O)c2ccccc2)C1=O)OCc1ccccc1. The molecule has 4 aromatic carbocycles. The summed E-state index contributed by atoms with van der Waals surface area (Å²) >= 11 is 0. The highest BCUT2D eigenvalue weighted by Crippen LogP contribution is 2.28. The second-order valence-electron chi connectivity index (χ2n) is 8.68. The number of anilines is 1. The van der Waals surface area contributed by atoms with E-state index in [0.717, 1.165) is 11.1 Å². The van der Waals surface area contributed by atoms with Gasteiger partial charge in [0.1, 0.15) is 6.61 Å². The van der Waals surface area contributed by atoms with Gasteiger partial charge in [-0.2, -0.15) is 0 Å². The summed E-state index contributed by atoms with van der Waals surface area (Å²) < 4.78 is 5.37. The van der Waals surface area contributed by atoms with Gasteiger partial charge in [0.2, 0.25) is 6.17 Å². The molecule has 0 spiro atoms. The number of alkyl carbamates (subject to hydrolysis) is 1. The fourth-order valence-corrected chi connectivity index (χ4v) is 4.25. The van der Waals surface area contributed by atoms with Crippen molar-refractivity contribution in [2.24, 2.45) is 4.99 Å². The number of ketones is 1. The van der Waals surface area contributed by atoms with Crippen molar-refractivity contribution in [2.75, 3.05) is 11.4 Å². The summed E-state index contributed by atoms with van der Waals surface area (Å²) in [5.74, 6) is -0.772. The Kier molecular flexibility index (Phi) is 7.36. The smallest absolute Gasteiger partial charge is 0.409 e. The van der Waals surface area contributed by atoms with Crippen LogP contribution in [0.3, 0.4) is 0 Å². The van der Waals surface area contributed by atoms with Crippen LogP contribution in [0.15, 0.2) is 120 Å². The van der Waals surface area contributed by atoms with Gasteiger partial charge in [-0.1, -0.05) is 109 Å². The summed E-state index contributed by atoms with van der Waals surface area (Å²) in [6.45, 7) is -0.173. The van der Waals surface area contributed by atoms with Gasteiger partial charge in [0.05, 0.1) is 17.9 Å². The molecule has 38 heavy (non-hydrogen) atoms. The number of aliphatic imine (C=N–C) groups is 1. The van der Waals surface area contributed by atoms with Gasteiger partial charge in [-0.25, -0.2) is 9.79 Å². The van der Waals surface area contributed by atoms with E-state index >= 15 is 0 Å². The van der Waals surface area contributed by atoms with E-state index < -0.39 is 18.2 Å². The van der Waals surface area contributed by atoms with E-state index in [0.29, 0.717) is 22.5 Å². The number of para-hydroxylation sites is 1. The second kappa shape index (κ2) is 11.3. The Labute approximate surface area is 220 Å². The summed E-state index contributed by atoms with van der Waals surface area (Å²) in [6, 6.07) is 34.7. The average molecular weight is 504 g/mol. The van der Waals surface area contributed by atoms with Crippen LogP contribution in [-0.2, 0) is 16.1 Å². The quantitative estimate of drug-likeness (QED) is 0.359. The molecule has 0 aliphatic carbocycles. The zero-order valence-electron chi connectivity index (χ0n) is 20.5. The predicted octanol–water partition coefficient (Wildman–Crippen LogP) is 5.01. The molecule has 0 fully saturated rings. The van der Waals surface area contributed by atoms with E-state index in [-0.39, 0.29) is 18.9 Å². The molecule has 0 bridgehead atoms. The molecule has 0 radical (unpaired) electrons. The first-order chi connectivity index (χ1) is 18.6. The van der Waals surface area contributed by atoms with Crippen molar-refractivity contribution in [3.8, 4) is 0 Å². The largest absolute Gasteiger partial charge is 0.445 e. The second-order valence-corrected chi connectivity index (χ2v) is 8.68. The highest BCUT2D eigenvalue weighted by Gasteiger charge is 2.34. The number of ether oxygens (including phenoxy) is 1. The van der Waals surface area contributed by atoms with E-state index in [2.05, 4.69) is 5.32 Å². The van der Waals surface area contributed by atoms with Crippen molar-refractivity contribution in [1.82, 2.24) is 5.32 Å². The van der Waals surface area contributed by atoms with Gasteiger partial charge in [0, 0.05) is 16.7 Å². The number of carbonyl (C=O) groups is 3. The van der Waals surface area contributed by atoms with Crippen LogP contribution in [0.4, 0.5) is 10.5 Å². The Morgan fingerprint density at radius 1 is 0.789 bits per heavy atom. The van der Waals surface area contributed by atoms with Crippen LogP contribution in [-0.4, -0.2) is 36.2 Å². The normalized spacial score (nSPS) is 14.6. The van der Waals surface area contributed by atoms with Crippen molar-refractivity contribution in [2.45, 2.75) is 12.8 Å². The van der Waals surface area contributed by atoms with Gasteiger partial charge >= 0.3 is 6.09 Å². The molecule has 1 heterocycles. The number of carbonyl (C=O) groups excluding carboxylic acids is 3. The lowest BCUT2D eigenvalue weighted by molar-refractivity contribution is -0.120. The number of nitrogens with one attached hydrogen (secondary N) is 1. The number of hydrogen-bond acceptors (Lipinski definition) is 5. The lowest BCUT2D eigenvalue weighted by Gasteiger charge is -2.24. The van der Waals surface area contributed by atoms with Crippen molar-refractivity contribution in [3.63, 3.8) is 0 Å². The third-order valence-corrected chi connectivity index (χ3v) is 6.12. The molecule has 4 aromatic rings. The minimum absolute atomic E-state index is 0.0409. The van der Waals surface area contributed by atoms with Crippen LogP contribution < -0.4 is 10.2 Å². The maximum Gasteiger partial charge on any atom is 0.409 e. The third-order valence-electron chi connectivity index (χ3n) is 6.12. The van der Waals surface area contributed by atoms with Gasteiger partial charge in [0.25, 0.3) is 5.91 Å². The van der Waals surface area contributed by atoms with Crippen LogP contribution in [0.25, 0.3) is 0 Å². The van der Waals surface area contributed by atoms with E-state index in [1.54, 1.807) is 36.4 Å². The first-order valence-corrected chi connectivity index (χ1v) is 12.2. The number of amides is 2. The molecule has 7 nitrogen and oxygen atoms in total. The fourth-order valence-electron chi connectivity index (χ4n) is 4.25. The first-order valence-electron chi connectivity index (χ1n) is 12.2. The van der Waals surface area contributed by atoms with Crippen molar-refractivity contribution in [3.05, 3.63) is 138 Å². The number of rotatable bonds is 7. The molecule has 0 saturated carbocycles. The molecule has 1 aliphatic heterocycles. The van der Waals surface area contributed by atoms with Gasteiger partial charge in [0.15, 0.2) is 5.78 Å². The molecule has 1 N–H and O–H groups in total. The molecule has 1 unspecified atom stereocenters. The van der Waals surface area contributed by atoms with Gasteiger partial charge < -0.3 is 9.64 Å². The van der Waals surface area contributed by atoms with E-state index in [4.69, 9.17) is 9.73 Å². The van der Waals surface area contributed by atoms with Crippen molar-refractivity contribution in [1.29, 1.82) is 0 Å². The molecule has 7 heteroatoms. The lowest BCUT2D eigenvalue weighted by Crippen LogP contribution is -2.49. The minimum atomic E-state index is -1.30.